The van der Waals surface area contributed by atoms with Gasteiger partial charge in [0, 0.05) is 17.8 Å². The molecule has 1 aromatic rings. The molecule has 1 rings (SSSR count). The van der Waals surface area contributed by atoms with Crippen LogP contribution in [-0.2, 0) is 4.79 Å². The van der Waals surface area contributed by atoms with Gasteiger partial charge in [-0.25, -0.2) is 4.79 Å². The molecule has 1 aromatic carbocycles. The van der Waals surface area contributed by atoms with Crippen molar-refractivity contribution in [2.24, 2.45) is 0 Å². The first-order valence-corrected chi connectivity index (χ1v) is 3.98. The van der Waals surface area contributed by atoms with Gasteiger partial charge in [-0.1, -0.05) is 0 Å². The van der Waals surface area contributed by atoms with E-state index in [0.29, 0.717) is 17.0 Å². The van der Waals surface area contributed by atoms with Crippen LogP contribution in [-0.4, -0.2) is 18.2 Å². The number of ether oxygens (including phenoxy) is 1. The molecule has 74 valence electrons. The maximum absolute atomic E-state index is 10.3. The van der Waals surface area contributed by atoms with E-state index in [9.17, 15) is 4.79 Å². The van der Waals surface area contributed by atoms with Crippen LogP contribution < -0.4 is 10.5 Å². The van der Waals surface area contributed by atoms with Gasteiger partial charge in [0.05, 0.1) is 7.11 Å². The van der Waals surface area contributed by atoms with Crippen molar-refractivity contribution < 1.29 is 14.6 Å². The average Bonchev–Trinajstić information content (AvgIpc) is 2.15. The molecule has 3 N–H and O–H groups in total. The average molecular weight is 193 g/mol. The molecule has 0 saturated heterocycles. The van der Waals surface area contributed by atoms with E-state index in [1.807, 2.05) is 0 Å². The number of carboxylic acids is 1. The number of hydrogen-bond acceptors (Lipinski definition) is 3. The van der Waals surface area contributed by atoms with Crippen LogP contribution in [0.25, 0.3) is 6.08 Å². The van der Waals surface area contributed by atoms with Gasteiger partial charge in [-0.15, -0.1) is 0 Å². The zero-order valence-corrected chi connectivity index (χ0v) is 7.73. The number of nitrogen functional groups attached to an aromatic ring is 1. The van der Waals surface area contributed by atoms with Gasteiger partial charge in [0.15, 0.2) is 0 Å². The summed E-state index contributed by atoms with van der Waals surface area (Å²) in [4.78, 5) is 10.3. The summed E-state index contributed by atoms with van der Waals surface area (Å²) < 4.78 is 4.96. The molecule has 0 saturated carbocycles. The van der Waals surface area contributed by atoms with E-state index in [1.54, 1.807) is 25.3 Å². The number of benzene rings is 1. The molecule has 14 heavy (non-hydrogen) atoms. The Kier molecular flexibility index (Phi) is 3.12. The maximum atomic E-state index is 10.3. The third-order valence-corrected chi connectivity index (χ3v) is 1.70. The molecule has 0 fully saturated rings. The highest BCUT2D eigenvalue weighted by molar-refractivity contribution is 5.86. The largest absolute Gasteiger partial charge is 0.497 e. The van der Waals surface area contributed by atoms with Crippen LogP contribution in [0.15, 0.2) is 24.3 Å². The van der Waals surface area contributed by atoms with Crippen molar-refractivity contribution in [1.82, 2.24) is 0 Å². The Bertz CT molecular complexity index is 372. The van der Waals surface area contributed by atoms with Gasteiger partial charge >= 0.3 is 5.97 Å². The smallest absolute Gasteiger partial charge is 0.328 e. The van der Waals surface area contributed by atoms with E-state index in [0.717, 1.165) is 6.08 Å². The number of methoxy groups -OCH3 is 1. The fourth-order valence-corrected chi connectivity index (χ4v) is 0.993. The second-order valence-corrected chi connectivity index (χ2v) is 2.67. The number of aliphatic carboxylic acids is 1. The van der Waals surface area contributed by atoms with Crippen LogP contribution in [0.3, 0.4) is 0 Å². The summed E-state index contributed by atoms with van der Waals surface area (Å²) in [6.45, 7) is 0. The predicted octanol–water partition coefficient (Wildman–Crippen LogP) is 1.38. The van der Waals surface area contributed by atoms with Crippen LogP contribution >= 0.6 is 0 Å². The fourth-order valence-electron chi connectivity index (χ4n) is 0.993. The molecule has 0 spiro atoms. The molecular weight excluding hydrogens is 182 g/mol. The third-order valence-electron chi connectivity index (χ3n) is 1.70. The number of anilines is 1. The summed E-state index contributed by atoms with van der Waals surface area (Å²) in [6.07, 6.45) is 2.48. The van der Waals surface area contributed by atoms with Crippen LogP contribution in [0.4, 0.5) is 5.69 Å². The first-order chi connectivity index (χ1) is 6.63. The quantitative estimate of drug-likeness (QED) is 0.561. The Morgan fingerprint density at radius 2 is 2.29 bits per heavy atom. The maximum Gasteiger partial charge on any atom is 0.328 e. The molecule has 0 radical (unpaired) electrons. The summed E-state index contributed by atoms with van der Waals surface area (Å²) in [6, 6.07) is 5.06. The summed E-state index contributed by atoms with van der Waals surface area (Å²) in [5.74, 6) is -0.352. The van der Waals surface area contributed by atoms with Crippen molar-refractivity contribution in [3.63, 3.8) is 0 Å². The van der Waals surface area contributed by atoms with E-state index in [1.165, 1.54) is 6.08 Å². The summed E-state index contributed by atoms with van der Waals surface area (Å²) in [5.41, 5.74) is 6.81. The molecule has 0 unspecified atom stereocenters. The van der Waals surface area contributed by atoms with Gasteiger partial charge in [-0.3, -0.25) is 0 Å². The van der Waals surface area contributed by atoms with E-state index >= 15 is 0 Å². The molecule has 0 heterocycles. The van der Waals surface area contributed by atoms with Gasteiger partial charge < -0.3 is 15.6 Å². The van der Waals surface area contributed by atoms with Crippen LogP contribution in [0, 0.1) is 0 Å². The van der Waals surface area contributed by atoms with E-state index in [4.69, 9.17) is 15.6 Å². The normalized spacial score (nSPS) is 10.4. The van der Waals surface area contributed by atoms with Gasteiger partial charge in [-0.2, -0.15) is 0 Å². The zero-order valence-electron chi connectivity index (χ0n) is 7.73. The Balaban J connectivity index is 2.94. The minimum Gasteiger partial charge on any atom is -0.497 e. The van der Waals surface area contributed by atoms with Gasteiger partial charge in [0.1, 0.15) is 5.75 Å². The zero-order chi connectivity index (χ0) is 10.6. The SMILES string of the molecule is COc1ccc(C=CC(=O)O)c(N)c1. The molecule has 0 aliphatic rings. The number of hydrogen-bond donors (Lipinski definition) is 2. The molecule has 0 amide bonds. The molecule has 0 atom stereocenters. The van der Waals surface area contributed by atoms with E-state index < -0.39 is 5.97 Å². The first-order valence-electron chi connectivity index (χ1n) is 3.98. The molecule has 0 bridgehead atoms. The molecule has 4 heteroatoms. The highest BCUT2D eigenvalue weighted by atomic mass is 16.5. The Morgan fingerprint density at radius 1 is 1.57 bits per heavy atom. The Morgan fingerprint density at radius 3 is 2.79 bits per heavy atom. The van der Waals surface area contributed by atoms with Gasteiger partial charge in [-0.05, 0) is 23.8 Å². The van der Waals surface area contributed by atoms with Crippen LogP contribution in [0.1, 0.15) is 5.56 Å². The lowest BCUT2D eigenvalue weighted by atomic mass is 10.1. The number of carboxylic acid groups (broad SMARTS) is 1. The Labute approximate surface area is 81.6 Å². The first kappa shape index (κ1) is 10.1. The predicted molar refractivity (Wildman–Crippen MR) is 54.1 cm³/mol. The van der Waals surface area contributed by atoms with Crippen molar-refractivity contribution in [2.45, 2.75) is 0 Å². The van der Waals surface area contributed by atoms with Crippen molar-refractivity contribution in [3.8, 4) is 5.75 Å². The number of rotatable bonds is 3. The topological polar surface area (TPSA) is 72.5 Å². The monoisotopic (exact) mass is 193 g/mol. The highest BCUT2D eigenvalue weighted by Crippen LogP contribution is 2.20. The fraction of sp³-hybridized carbons (Fsp3) is 0.100. The second kappa shape index (κ2) is 4.32. The lowest BCUT2D eigenvalue weighted by Crippen LogP contribution is -1.92. The summed E-state index contributed by atoms with van der Waals surface area (Å²) in [5, 5.41) is 8.41. The number of nitrogens with two attached hydrogens (primary N) is 1. The highest BCUT2D eigenvalue weighted by Gasteiger charge is 1.98. The van der Waals surface area contributed by atoms with Gasteiger partial charge in [0.25, 0.3) is 0 Å². The van der Waals surface area contributed by atoms with Crippen molar-refractivity contribution in [2.75, 3.05) is 12.8 Å². The minimum atomic E-state index is -1.000. The third kappa shape index (κ3) is 2.52. The Hall–Kier alpha value is -1.97. The van der Waals surface area contributed by atoms with Crippen LogP contribution in [0.5, 0.6) is 5.75 Å². The summed E-state index contributed by atoms with van der Waals surface area (Å²) in [7, 11) is 1.54. The lowest BCUT2D eigenvalue weighted by Gasteiger charge is -2.03. The minimum absolute atomic E-state index is 0.488. The molecule has 4 nitrogen and oxygen atoms in total. The van der Waals surface area contributed by atoms with E-state index in [2.05, 4.69) is 0 Å². The lowest BCUT2D eigenvalue weighted by molar-refractivity contribution is -0.131. The van der Waals surface area contributed by atoms with Crippen molar-refractivity contribution in [1.29, 1.82) is 0 Å². The second-order valence-electron chi connectivity index (χ2n) is 2.67. The van der Waals surface area contributed by atoms with Crippen molar-refractivity contribution in [3.05, 3.63) is 29.8 Å². The molecule has 0 aromatic heterocycles. The summed E-state index contributed by atoms with van der Waals surface area (Å²) >= 11 is 0. The molecular formula is C10H11NO3. The molecule has 0 aliphatic heterocycles. The standard InChI is InChI=1S/C10H11NO3/c1-14-8-4-2-7(9(11)6-8)3-5-10(12)13/h2-6H,11H2,1H3,(H,12,13). The van der Waals surface area contributed by atoms with Crippen molar-refractivity contribution >= 4 is 17.7 Å². The van der Waals surface area contributed by atoms with Crippen LogP contribution in [0.2, 0.25) is 0 Å². The van der Waals surface area contributed by atoms with Gasteiger partial charge in [0.2, 0.25) is 0 Å². The van der Waals surface area contributed by atoms with E-state index in [-0.39, 0.29) is 0 Å². The number of carbonyl (C=O) groups is 1. The molecule has 0 aliphatic carbocycles.